The Morgan fingerprint density at radius 2 is 2.07 bits per heavy atom. The monoisotopic (exact) mass is 434 g/mol. The van der Waals surface area contributed by atoms with E-state index in [1.165, 1.54) is 6.07 Å². The summed E-state index contributed by atoms with van der Waals surface area (Å²) in [6, 6.07) is 9.79. The predicted octanol–water partition coefficient (Wildman–Crippen LogP) is 5.37. The number of fused-ring (bicyclic) bond motifs is 1. The number of piperidine rings is 1. The highest BCUT2D eigenvalue weighted by Crippen LogP contribution is 2.32. The first-order valence-electron chi connectivity index (χ1n) is 9.48. The zero-order valence-corrected chi connectivity index (χ0v) is 17.5. The lowest BCUT2D eigenvalue weighted by Gasteiger charge is -2.31. The van der Waals surface area contributed by atoms with Crippen LogP contribution in [0, 0.1) is 11.6 Å². The van der Waals surface area contributed by atoms with Gasteiger partial charge >= 0.3 is 0 Å². The molecule has 29 heavy (non-hydrogen) atoms. The highest BCUT2D eigenvalue weighted by molar-refractivity contribution is 7.99. The Hall–Kier alpha value is -2.19. The molecule has 1 fully saturated rings. The molecule has 0 unspecified atom stereocenters. The number of ether oxygens (including phenoxy) is 1. The maximum Gasteiger partial charge on any atom is 0.274 e. The summed E-state index contributed by atoms with van der Waals surface area (Å²) in [5.74, 6) is -0.323. The van der Waals surface area contributed by atoms with Crippen LogP contribution in [0.15, 0.2) is 41.3 Å². The van der Waals surface area contributed by atoms with E-state index in [2.05, 4.69) is 11.9 Å². The van der Waals surface area contributed by atoms with Crippen molar-refractivity contribution in [1.29, 1.82) is 0 Å². The first-order chi connectivity index (χ1) is 14.0. The summed E-state index contributed by atoms with van der Waals surface area (Å²) < 4.78 is 33.5. The fourth-order valence-electron chi connectivity index (χ4n) is 3.37. The molecule has 1 saturated heterocycles. The zero-order valence-electron chi connectivity index (χ0n) is 15.9. The van der Waals surface area contributed by atoms with Gasteiger partial charge in [0.2, 0.25) is 0 Å². The molecule has 0 saturated carbocycles. The van der Waals surface area contributed by atoms with E-state index >= 15 is 0 Å². The number of carbonyl (C=O) groups is 1. The maximum atomic E-state index is 13.8. The minimum atomic E-state index is -0.685. The number of rotatable bonds is 5. The van der Waals surface area contributed by atoms with E-state index in [1.54, 1.807) is 11.8 Å². The van der Waals surface area contributed by atoms with Crippen molar-refractivity contribution in [2.75, 3.05) is 18.8 Å². The van der Waals surface area contributed by atoms with Crippen molar-refractivity contribution in [3.8, 4) is 5.19 Å². The van der Waals surface area contributed by atoms with Crippen molar-refractivity contribution in [1.82, 2.24) is 9.88 Å². The summed E-state index contributed by atoms with van der Waals surface area (Å²) in [6.45, 7) is 3.26. The van der Waals surface area contributed by atoms with Crippen molar-refractivity contribution in [3.63, 3.8) is 0 Å². The van der Waals surface area contributed by atoms with Crippen molar-refractivity contribution in [2.24, 2.45) is 0 Å². The molecule has 4 nitrogen and oxygen atoms in total. The first kappa shape index (κ1) is 20.1. The van der Waals surface area contributed by atoms with Gasteiger partial charge in [0, 0.05) is 42.5 Å². The second-order valence-electron chi connectivity index (χ2n) is 6.78. The van der Waals surface area contributed by atoms with Gasteiger partial charge in [-0.3, -0.25) is 4.79 Å². The molecular formula is C21H20F2N2O2S2. The first-order valence-corrected chi connectivity index (χ1v) is 11.3. The quantitative estimate of drug-likeness (QED) is 0.507. The van der Waals surface area contributed by atoms with Gasteiger partial charge in [-0.1, -0.05) is 24.3 Å². The molecule has 1 aliphatic heterocycles. The normalized spacial score (nSPS) is 15.1. The lowest BCUT2D eigenvalue weighted by molar-refractivity contribution is 0.0595. The third-order valence-corrected chi connectivity index (χ3v) is 6.55. The van der Waals surface area contributed by atoms with Gasteiger partial charge in [-0.2, -0.15) is 4.98 Å². The average molecular weight is 435 g/mol. The number of halogens is 2. The summed E-state index contributed by atoms with van der Waals surface area (Å²) in [4.78, 5) is 19.9. The number of thiazole rings is 1. The molecule has 1 amide bonds. The molecule has 0 N–H and O–H groups in total. The van der Waals surface area contributed by atoms with Gasteiger partial charge in [0.15, 0.2) is 5.82 Å². The van der Waals surface area contributed by atoms with Gasteiger partial charge in [0.25, 0.3) is 11.1 Å². The maximum absolute atomic E-state index is 13.8. The van der Waals surface area contributed by atoms with Gasteiger partial charge < -0.3 is 9.64 Å². The second-order valence-corrected chi connectivity index (χ2v) is 9.12. The third-order valence-electron chi connectivity index (χ3n) is 4.78. The van der Waals surface area contributed by atoms with Crippen LogP contribution < -0.4 is 4.74 Å². The number of aromatic nitrogens is 1. The molecule has 4 rings (SSSR count). The molecule has 8 heteroatoms. The summed E-state index contributed by atoms with van der Waals surface area (Å²) in [5.41, 5.74) is 0.829. The number of nitrogens with zero attached hydrogens (tertiary/aromatic N) is 2. The Morgan fingerprint density at radius 3 is 2.83 bits per heavy atom. The molecule has 0 bridgehead atoms. The fourth-order valence-corrected chi connectivity index (χ4v) is 5.01. The van der Waals surface area contributed by atoms with Crippen molar-refractivity contribution < 1.29 is 18.3 Å². The lowest BCUT2D eigenvalue weighted by atomic mass is 10.1. The van der Waals surface area contributed by atoms with E-state index < -0.39 is 11.6 Å². The highest BCUT2D eigenvalue weighted by Gasteiger charge is 2.26. The van der Waals surface area contributed by atoms with Gasteiger partial charge in [0.05, 0.1) is 4.70 Å². The topological polar surface area (TPSA) is 42.4 Å². The number of hydrogen-bond donors (Lipinski definition) is 0. The van der Waals surface area contributed by atoms with E-state index in [0.29, 0.717) is 41.4 Å². The number of carbonyl (C=O) groups excluding carboxylic acids is 1. The van der Waals surface area contributed by atoms with Crippen LogP contribution in [-0.2, 0) is 0 Å². The number of likely N-dealkylation sites (tertiary alicyclic amines) is 1. The van der Waals surface area contributed by atoms with Crippen LogP contribution in [0.5, 0.6) is 5.19 Å². The molecule has 0 atom stereocenters. The Bertz CT molecular complexity index is 1030. The van der Waals surface area contributed by atoms with Gasteiger partial charge in [-0.15, -0.1) is 11.8 Å². The van der Waals surface area contributed by atoms with E-state index in [4.69, 9.17) is 4.74 Å². The van der Waals surface area contributed by atoms with Crippen molar-refractivity contribution in [3.05, 3.63) is 53.6 Å². The molecule has 2 heterocycles. The molecule has 0 aliphatic carbocycles. The SMILES string of the molecule is CCSc1cccc(C(=O)N2CCC(Oc3nc4c(F)cc(F)cc4s3)CC2)c1. The van der Waals surface area contributed by atoms with Gasteiger partial charge in [-0.05, 0) is 30.0 Å². The van der Waals surface area contributed by atoms with Crippen LogP contribution in [0.25, 0.3) is 10.2 Å². The Labute approximate surface area is 175 Å². The zero-order chi connectivity index (χ0) is 20.4. The van der Waals surface area contributed by atoms with Crippen LogP contribution in [0.2, 0.25) is 0 Å². The van der Waals surface area contributed by atoms with Crippen LogP contribution in [0.1, 0.15) is 30.1 Å². The molecule has 0 spiro atoms. The van der Waals surface area contributed by atoms with E-state index in [9.17, 15) is 13.6 Å². The lowest BCUT2D eigenvalue weighted by Crippen LogP contribution is -2.41. The van der Waals surface area contributed by atoms with Crippen LogP contribution in [0.3, 0.4) is 0 Å². The Kier molecular flexibility index (Phi) is 6.01. The van der Waals surface area contributed by atoms with E-state index in [1.807, 2.05) is 29.2 Å². The minimum absolute atomic E-state index is 0.0273. The van der Waals surface area contributed by atoms with Crippen LogP contribution in [-0.4, -0.2) is 40.7 Å². The molecule has 152 valence electrons. The summed E-state index contributed by atoms with van der Waals surface area (Å²) >= 11 is 2.85. The number of amides is 1. The predicted molar refractivity (Wildman–Crippen MR) is 112 cm³/mol. The van der Waals surface area contributed by atoms with Gasteiger partial charge in [0.1, 0.15) is 17.4 Å². The Balaban J connectivity index is 1.37. The highest BCUT2D eigenvalue weighted by atomic mass is 32.2. The summed E-state index contributed by atoms with van der Waals surface area (Å²) in [5, 5.41) is 0.332. The Morgan fingerprint density at radius 1 is 1.28 bits per heavy atom. The average Bonchev–Trinajstić information content (AvgIpc) is 3.11. The number of hydrogen-bond acceptors (Lipinski definition) is 5. The smallest absolute Gasteiger partial charge is 0.274 e. The molecule has 0 radical (unpaired) electrons. The largest absolute Gasteiger partial charge is 0.467 e. The molecule has 2 aromatic carbocycles. The van der Waals surface area contributed by atoms with E-state index in [-0.39, 0.29) is 17.5 Å². The van der Waals surface area contributed by atoms with E-state index in [0.717, 1.165) is 28.1 Å². The third kappa shape index (κ3) is 4.53. The minimum Gasteiger partial charge on any atom is -0.467 e. The summed E-state index contributed by atoms with van der Waals surface area (Å²) in [7, 11) is 0. The molecule has 3 aromatic rings. The number of thioether (sulfide) groups is 1. The van der Waals surface area contributed by atoms with Crippen molar-refractivity contribution >= 4 is 39.2 Å². The fraction of sp³-hybridized carbons (Fsp3) is 0.333. The molecule has 1 aliphatic rings. The second kappa shape index (κ2) is 8.67. The summed E-state index contributed by atoms with van der Waals surface area (Å²) in [6.07, 6.45) is 1.23. The standard InChI is InChI=1S/C21H20F2N2O2S2/c1-2-28-16-5-3-4-13(10-16)20(26)25-8-6-15(7-9-25)27-21-24-19-17(23)11-14(22)12-18(19)29-21/h3-5,10-12,15H,2,6-9H2,1H3. The van der Waals surface area contributed by atoms with Crippen molar-refractivity contribution in [2.45, 2.75) is 30.8 Å². The van der Waals surface area contributed by atoms with Crippen LogP contribution in [0.4, 0.5) is 8.78 Å². The molecule has 1 aromatic heterocycles. The van der Waals surface area contributed by atoms with Gasteiger partial charge in [-0.25, -0.2) is 8.78 Å². The molecular weight excluding hydrogens is 414 g/mol. The number of benzene rings is 2. The van der Waals surface area contributed by atoms with Crippen LogP contribution >= 0.6 is 23.1 Å².